The van der Waals surface area contributed by atoms with Crippen LogP contribution in [-0.4, -0.2) is 111 Å². The van der Waals surface area contributed by atoms with Gasteiger partial charge in [0.15, 0.2) is 5.78 Å². The Morgan fingerprint density at radius 2 is 1.28 bits per heavy atom. The van der Waals surface area contributed by atoms with Gasteiger partial charge >= 0.3 is 23.9 Å². The van der Waals surface area contributed by atoms with E-state index >= 15 is 0 Å². The van der Waals surface area contributed by atoms with Crippen molar-refractivity contribution in [2.45, 2.75) is 25.3 Å². The maximum absolute atomic E-state index is 13.2. The van der Waals surface area contributed by atoms with Crippen LogP contribution in [0, 0.1) is 6.92 Å². The molecule has 0 radical (unpaired) electrons. The van der Waals surface area contributed by atoms with Crippen molar-refractivity contribution in [2.75, 3.05) is 32.7 Å². The molecule has 3 rings (SSSR count). The van der Waals surface area contributed by atoms with Crippen LogP contribution >= 0.6 is 0 Å². The predicted octanol–water partition coefficient (Wildman–Crippen LogP) is 1.65. The Morgan fingerprint density at radius 1 is 0.766 bits per heavy atom. The Bertz CT molecular complexity index is 1810. The van der Waals surface area contributed by atoms with Crippen LogP contribution in [0.4, 0.5) is 0 Å². The molecule has 0 aromatic heterocycles. The number of rotatable bonds is 15. The van der Waals surface area contributed by atoms with Crippen LogP contribution in [-0.2, 0) is 40.6 Å². The first-order valence-electron chi connectivity index (χ1n) is 13.8. The number of carbonyl (C=O) groups excluding carboxylic acids is 1. The Balaban J connectivity index is 2.38. The third kappa shape index (κ3) is 9.67. The molecule has 0 fully saturated rings. The zero-order chi connectivity index (χ0) is 35.2. The van der Waals surface area contributed by atoms with Crippen molar-refractivity contribution in [2.24, 2.45) is 0 Å². The number of hydrogen-bond donors (Lipinski definition) is 6. The number of ketones is 1. The Morgan fingerprint density at radius 3 is 1.79 bits per heavy atom. The molecular formula is C31H32N2O13S. The number of phenolic OH excluding ortho intramolecular Hbond substituents is 1. The molecule has 47 heavy (non-hydrogen) atoms. The second-order valence-electron chi connectivity index (χ2n) is 10.8. The summed E-state index contributed by atoms with van der Waals surface area (Å²) >= 11 is 0. The van der Waals surface area contributed by atoms with E-state index in [4.69, 9.17) is 0 Å². The number of carboxylic acids is 4. The van der Waals surface area contributed by atoms with E-state index in [0.717, 1.165) is 15.9 Å². The van der Waals surface area contributed by atoms with Crippen molar-refractivity contribution < 1.29 is 62.5 Å². The van der Waals surface area contributed by atoms with E-state index in [2.05, 4.69) is 0 Å². The minimum Gasteiger partial charge on any atom is -0.507 e. The SMILES string of the molecule is CC1=C/C(=C(\c2cc(C)c(O)c(CN(CC(=O)O)CC(=O)O)c2)c2ccccc2S(=O)(=O)O)C=C(CN(CC(=O)O)CC(=O)O)C1=O. The number of carbonyl (C=O) groups is 5. The van der Waals surface area contributed by atoms with E-state index in [-0.39, 0.29) is 56.8 Å². The van der Waals surface area contributed by atoms with Crippen molar-refractivity contribution in [3.8, 4) is 5.75 Å². The van der Waals surface area contributed by atoms with Gasteiger partial charge < -0.3 is 25.5 Å². The Labute approximate surface area is 268 Å². The van der Waals surface area contributed by atoms with Crippen LogP contribution in [0.1, 0.15) is 29.2 Å². The van der Waals surface area contributed by atoms with Crippen molar-refractivity contribution >= 4 is 45.4 Å². The highest BCUT2D eigenvalue weighted by Gasteiger charge is 2.27. The molecule has 0 atom stereocenters. The van der Waals surface area contributed by atoms with Crippen LogP contribution in [0.5, 0.6) is 5.75 Å². The number of aromatic hydroxyl groups is 1. The maximum Gasteiger partial charge on any atom is 0.317 e. The molecule has 2 aromatic rings. The fourth-order valence-electron chi connectivity index (χ4n) is 5.18. The fourth-order valence-corrected chi connectivity index (χ4v) is 5.88. The number of phenols is 1. The summed E-state index contributed by atoms with van der Waals surface area (Å²) in [5, 5.41) is 48.1. The van der Waals surface area contributed by atoms with Crippen molar-refractivity contribution in [1.29, 1.82) is 0 Å². The third-order valence-corrected chi connectivity index (χ3v) is 7.88. The zero-order valence-corrected chi connectivity index (χ0v) is 26.0. The predicted molar refractivity (Wildman–Crippen MR) is 164 cm³/mol. The van der Waals surface area contributed by atoms with Crippen LogP contribution < -0.4 is 0 Å². The summed E-state index contributed by atoms with van der Waals surface area (Å²) in [7, 11) is -4.85. The van der Waals surface area contributed by atoms with Gasteiger partial charge in [0.25, 0.3) is 10.1 Å². The van der Waals surface area contributed by atoms with Gasteiger partial charge in [-0.2, -0.15) is 8.42 Å². The normalized spacial score (nSPS) is 14.5. The van der Waals surface area contributed by atoms with Gasteiger partial charge in [0.05, 0.1) is 26.2 Å². The lowest BCUT2D eigenvalue weighted by Crippen LogP contribution is -2.37. The van der Waals surface area contributed by atoms with Gasteiger partial charge in [0, 0.05) is 29.8 Å². The molecule has 16 heteroatoms. The molecular weight excluding hydrogens is 640 g/mol. The number of benzene rings is 2. The summed E-state index contributed by atoms with van der Waals surface area (Å²) in [4.78, 5) is 60.4. The Hall–Kier alpha value is -5.16. The molecule has 0 unspecified atom stereocenters. The summed E-state index contributed by atoms with van der Waals surface area (Å²) in [5.41, 5.74) is 0.904. The first-order valence-corrected chi connectivity index (χ1v) is 15.2. The lowest BCUT2D eigenvalue weighted by Gasteiger charge is -2.24. The number of nitrogens with zero attached hydrogens (tertiary/aromatic N) is 2. The zero-order valence-electron chi connectivity index (χ0n) is 25.2. The molecule has 1 aliphatic carbocycles. The third-order valence-electron chi connectivity index (χ3n) is 6.97. The first kappa shape index (κ1) is 36.3. The molecule has 250 valence electrons. The van der Waals surface area contributed by atoms with Crippen LogP contribution in [0.2, 0.25) is 0 Å². The van der Waals surface area contributed by atoms with E-state index in [9.17, 15) is 62.5 Å². The molecule has 1 aliphatic rings. The average molecular weight is 673 g/mol. The lowest BCUT2D eigenvalue weighted by molar-refractivity contribution is -0.143. The number of hydrogen-bond acceptors (Lipinski definition) is 10. The highest BCUT2D eigenvalue weighted by molar-refractivity contribution is 7.86. The molecule has 2 aromatic carbocycles. The standard InChI is InChI=1S/C31H32N2O13S/c1-17-7-19(9-21(30(17)42)11-32(13-25(34)35)14-26(36)37)29(23-5-3-4-6-24(23)47(44,45)46)20-8-18(2)31(43)22(10-20)12-33(15-27(38)39)16-28(40)41/h3-10,42H,11-16H2,1-2H3,(H,34,35)(H,36,37)(H,38,39)(H,40,41)(H,44,45,46)/b29-20-. The highest BCUT2D eigenvalue weighted by atomic mass is 32.2. The summed E-state index contributed by atoms with van der Waals surface area (Å²) in [6, 6.07) is 8.21. The fraction of sp³-hybridized carbons (Fsp3) is 0.258. The number of allylic oxidation sites excluding steroid dienone is 4. The van der Waals surface area contributed by atoms with E-state index < -0.39 is 77.4 Å². The molecule has 0 amide bonds. The number of aliphatic carboxylic acids is 4. The van der Waals surface area contributed by atoms with Crippen LogP contribution in [0.15, 0.2) is 70.2 Å². The van der Waals surface area contributed by atoms with Crippen molar-refractivity contribution in [3.05, 3.63) is 87.5 Å². The molecule has 0 aliphatic heterocycles. The maximum atomic E-state index is 13.2. The Kier molecular flexibility index (Phi) is 11.6. The van der Waals surface area contributed by atoms with E-state index in [1.807, 2.05) is 0 Å². The minimum atomic E-state index is -4.85. The van der Waals surface area contributed by atoms with Gasteiger partial charge in [-0.15, -0.1) is 0 Å². The molecule has 0 spiro atoms. The topological polar surface area (TPSA) is 247 Å². The van der Waals surface area contributed by atoms with E-state index in [0.29, 0.717) is 0 Å². The number of Topliss-reactive ketones (excluding diaryl/α,β-unsaturated/α-hetero) is 1. The van der Waals surface area contributed by atoms with Crippen molar-refractivity contribution in [3.63, 3.8) is 0 Å². The highest BCUT2D eigenvalue weighted by Crippen LogP contribution is 2.38. The van der Waals surface area contributed by atoms with Gasteiger partial charge in [-0.05, 0) is 72.0 Å². The van der Waals surface area contributed by atoms with Gasteiger partial charge in [0.2, 0.25) is 0 Å². The number of aryl methyl sites for hydroxylation is 1. The average Bonchev–Trinajstić information content (AvgIpc) is 2.92. The van der Waals surface area contributed by atoms with Crippen LogP contribution in [0.3, 0.4) is 0 Å². The summed E-state index contributed by atoms with van der Waals surface area (Å²) < 4.78 is 35.2. The molecule has 6 N–H and O–H groups in total. The second kappa shape index (κ2) is 15.0. The van der Waals surface area contributed by atoms with Crippen LogP contribution in [0.25, 0.3) is 5.57 Å². The van der Waals surface area contributed by atoms with E-state index in [1.165, 1.54) is 56.3 Å². The molecule has 0 saturated heterocycles. The van der Waals surface area contributed by atoms with Gasteiger partial charge in [-0.1, -0.05) is 18.2 Å². The summed E-state index contributed by atoms with van der Waals surface area (Å²) in [6.07, 6.45) is 2.76. The second-order valence-corrected chi connectivity index (χ2v) is 12.2. The summed E-state index contributed by atoms with van der Waals surface area (Å²) in [6.45, 7) is -0.596. The molecule has 15 nitrogen and oxygen atoms in total. The van der Waals surface area contributed by atoms with E-state index in [1.54, 1.807) is 0 Å². The lowest BCUT2D eigenvalue weighted by atomic mass is 9.85. The van der Waals surface area contributed by atoms with Gasteiger partial charge in [-0.25, -0.2) is 0 Å². The molecule has 0 bridgehead atoms. The number of carboxylic acid groups (broad SMARTS) is 4. The molecule has 0 saturated carbocycles. The smallest absolute Gasteiger partial charge is 0.317 e. The minimum absolute atomic E-state index is 0.0193. The molecule has 0 heterocycles. The summed E-state index contributed by atoms with van der Waals surface area (Å²) in [5.74, 6) is -6.15. The monoisotopic (exact) mass is 672 g/mol. The van der Waals surface area contributed by atoms with Gasteiger partial charge in [0.1, 0.15) is 10.6 Å². The first-order chi connectivity index (χ1) is 21.9. The van der Waals surface area contributed by atoms with Crippen molar-refractivity contribution in [1.82, 2.24) is 9.80 Å². The largest absolute Gasteiger partial charge is 0.507 e. The van der Waals surface area contributed by atoms with Gasteiger partial charge in [-0.3, -0.25) is 38.3 Å². The quantitative estimate of drug-likeness (QED) is 0.147.